The van der Waals surface area contributed by atoms with E-state index in [1.165, 1.54) is 12.5 Å². The standard InChI is InChI=1S/C16H11Cl2N3O2/c17-13-4-2-1-3-12(13)10-7-11(9-20-21-19)15(14(18)8-10)16-22-5-6-23-16/h1-8,16H,9H2. The fourth-order valence-corrected chi connectivity index (χ4v) is 2.98. The molecule has 23 heavy (non-hydrogen) atoms. The number of nitrogens with zero attached hydrogens (tertiary/aromatic N) is 3. The number of hydrogen-bond donors (Lipinski definition) is 0. The van der Waals surface area contributed by atoms with Gasteiger partial charge in [0.1, 0.15) is 12.5 Å². The van der Waals surface area contributed by atoms with E-state index in [1.54, 1.807) is 12.1 Å². The van der Waals surface area contributed by atoms with Crippen molar-refractivity contribution in [3.63, 3.8) is 0 Å². The number of azide groups is 1. The Balaban J connectivity index is 2.12. The fourth-order valence-electron chi connectivity index (χ4n) is 2.40. The minimum atomic E-state index is -0.647. The molecule has 1 aliphatic heterocycles. The molecule has 0 aliphatic carbocycles. The summed E-state index contributed by atoms with van der Waals surface area (Å²) in [6, 6.07) is 11.1. The molecule has 2 aromatic rings. The molecule has 0 aromatic heterocycles. The Labute approximate surface area is 142 Å². The quantitative estimate of drug-likeness (QED) is 0.387. The summed E-state index contributed by atoms with van der Waals surface area (Å²) in [7, 11) is 0. The van der Waals surface area contributed by atoms with Gasteiger partial charge in [-0.1, -0.05) is 52.6 Å². The smallest absolute Gasteiger partial charge is 0.268 e. The van der Waals surface area contributed by atoms with Crippen molar-refractivity contribution in [2.75, 3.05) is 0 Å². The van der Waals surface area contributed by atoms with Crippen LogP contribution in [0.15, 0.2) is 54.0 Å². The first-order chi connectivity index (χ1) is 11.2. The minimum absolute atomic E-state index is 0.132. The van der Waals surface area contributed by atoms with Crippen molar-refractivity contribution >= 4 is 23.2 Å². The van der Waals surface area contributed by atoms with Crippen molar-refractivity contribution in [1.82, 2.24) is 0 Å². The van der Waals surface area contributed by atoms with Crippen LogP contribution in [-0.2, 0) is 16.0 Å². The molecule has 0 fully saturated rings. The van der Waals surface area contributed by atoms with Crippen molar-refractivity contribution in [3.8, 4) is 11.1 Å². The second kappa shape index (κ2) is 6.84. The molecular weight excluding hydrogens is 337 g/mol. The Morgan fingerprint density at radius 3 is 2.52 bits per heavy atom. The van der Waals surface area contributed by atoms with Crippen LogP contribution in [0.25, 0.3) is 21.6 Å². The summed E-state index contributed by atoms with van der Waals surface area (Å²) in [6.45, 7) is 0.132. The molecule has 0 bridgehead atoms. The van der Waals surface area contributed by atoms with Crippen LogP contribution in [0.2, 0.25) is 10.0 Å². The van der Waals surface area contributed by atoms with Gasteiger partial charge in [0, 0.05) is 15.5 Å². The number of benzene rings is 2. The summed E-state index contributed by atoms with van der Waals surface area (Å²) < 4.78 is 10.7. The molecule has 0 saturated carbocycles. The average molecular weight is 348 g/mol. The zero-order valence-electron chi connectivity index (χ0n) is 11.8. The number of hydrogen-bond acceptors (Lipinski definition) is 3. The Hall–Kier alpha value is -2.33. The average Bonchev–Trinajstić information content (AvgIpc) is 3.06. The topological polar surface area (TPSA) is 67.2 Å². The molecule has 3 rings (SSSR count). The van der Waals surface area contributed by atoms with Crippen LogP contribution < -0.4 is 0 Å². The van der Waals surface area contributed by atoms with Gasteiger partial charge < -0.3 is 9.47 Å². The lowest BCUT2D eigenvalue weighted by atomic mass is 9.98. The first-order valence-electron chi connectivity index (χ1n) is 6.74. The van der Waals surface area contributed by atoms with E-state index in [4.69, 9.17) is 38.2 Å². The van der Waals surface area contributed by atoms with Gasteiger partial charge in [0.15, 0.2) is 0 Å². The van der Waals surface area contributed by atoms with E-state index in [0.717, 1.165) is 16.7 Å². The molecule has 0 amide bonds. The van der Waals surface area contributed by atoms with Crippen molar-refractivity contribution in [2.24, 2.45) is 5.11 Å². The second-order valence-corrected chi connectivity index (χ2v) is 5.59. The van der Waals surface area contributed by atoms with Gasteiger partial charge in [0.05, 0.1) is 17.1 Å². The van der Waals surface area contributed by atoms with Gasteiger partial charge in [-0.05, 0) is 28.8 Å². The van der Waals surface area contributed by atoms with Crippen molar-refractivity contribution in [2.45, 2.75) is 12.8 Å². The second-order valence-electron chi connectivity index (χ2n) is 4.78. The third kappa shape index (κ3) is 3.22. The molecule has 116 valence electrons. The molecule has 0 N–H and O–H groups in total. The first kappa shape index (κ1) is 15.6. The fraction of sp³-hybridized carbons (Fsp3) is 0.125. The predicted octanol–water partition coefficient (Wildman–Crippen LogP) is 5.99. The molecule has 1 aliphatic rings. The third-order valence-corrected chi connectivity index (χ3v) is 4.04. The molecule has 2 aromatic carbocycles. The largest absolute Gasteiger partial charge is 0.455 e. The van der Waals surface area contributed by atoms with Crippen LogP contribution in [0.5, 0.6) is 0 Å². The molecular formula is C16H11Cl2N3O2. The van der Waals surface area contributed by atoms with Crippen LogP contribution in [-0.4, -0.2) is 0 Å². The Bertz CT molecular complexity index is 809. The van der Waals surface area contributed by atoms with Gasteiger partial charge in [-0.25, -0.2) is 0 Å². The lowest BCUT2D eigenvalue weighted by Gasteiger charge is -2.18. The van der Waals surface area contributed by atoms with Crippen LogP contribution in [0, 0.1) is 0 Å². The lowest BCUT2D eigenvalue weighted by molar-refractivity contribution is -0.0251. The van der Waals surface area contributed by atoms with Crippen LogP contribution in [0.3, 0.4) is 0 Å². The molecule has 7 heteroatoms. The predicted molar refractivity (Wildman–Crippen MR) is 88.8 cm³/mol. The maximum absolute atomic E-state index is 8.61. The van der Waals surface area contributed by atoms with E-state index in [0.29, 0.717) is 15.6 Å². The highest BCUT2D eigenvalue weighted by atomic mass is 35.5. The van der Waals surface area contributed by atoms with Gasteiger partial charge >= 0.3 is 0 Å². The maximum Gasteiger partial charge on any atom is 0.268 e. The van der Waals surface area contributed by atoms with E-state index in [2.05, 4.69) is 10.0 Å². The van der Waals surface area contributed by atoms with E-state index in [9.17, 15) is 0 Å². The van der Waals surface area contributed by atoms with Gasteiger partial charge in [-0.15, -0.1) is 0 Å². The summed E-state index contributed by atoms with van der Waals surface area (Å²) in [4.78, 5) is 2.81. The van der Waals surface area contributed by atoms with Crippen molar-refractivity contribution in [3.05, 3.63) is 80.5 Å². The van der Waals surface area contributed by atoms with Gasteiger partial charge in [-0.3, -0.25) is 0 Å². The van der Waals surface area contributed by atoms with E-state index < -0.39 is 6.29 Å². The van der Waals surface area contributed by atoms with Crippen LogP contribution >= 0.6 is 23.2 Å². The van der Waals surface area contributed by atoms with Crippen molar-refractivity contribution < 1.29 is 9.47 Å². The molecule has 0 atom stereocenters. The number of rotatable bonds is 4. The Morgan fingerprint density at radius 2 is 1.83 bits per heavy atom. The summed E-state index contributed by atoms with van der Waals surface area (Å²) in [5.41, 5.74) is 11.6. The maximum atomic E-state index is 8.61. The molecule has 0 spiro atoms. The van der Waals surface area contributed by atoms with E-state index in [1.807, 2.05) is 24.3 Å². The van der Waals surface area contributed by atoms with Gasteiger partial charge in [0.25, 0.3) is 6.29 Å². The molecule has 0 radical (unpaired) electrons. The van der Waals surface area contributed by atoms with Crippen LogP contribution in [0.1, 0.15) is 17.4 Å². The first-order valence-corrected chi connectivity index (χ1v) is 7.50. The van der Waals surface area contributed by atoms with E-state index in [-0.39, 0.29) is 6.54 Å². The summed E-state index contributed by atoms with van der Waals surface area (Å²) in [5.74, 6) is 0. The highest BCUT2D eigenvalue weighted by Gasteiger charge is 2.23. The number of ether oxygens (including phenoxy) is 2. The summed E-state index contributed by atoms with van der Waals surface area (Å²) in [6.07, 6.45) is 2.24. The third-order valence-electron chi connectivity index (χ3n) is 3.40. The highest BCUT2D eigenvalue weighted by Crippen LogP contribution is 2.38. The molecule has 0 saturated heterocycles. The summed E-state index contributed by atoms with van der Waals surface area (Å²) >= 11 is 12.7. The molecule has 0 unspecified atom stereocenters. The SMILES string of the molecule is [N-]=[N+]=NCc1cc(-c2ccccc2Cl)cc(Cl)c1C1OC=CO1. The number of halogens is 2. The van der Waals surface area contributed by atoms with Gasteiger partial charge in [0.2, 0.25) is 0 Å². The molecule has 5 nitrogen and oxygen atoms in total. The van der Waals surface area contributed by atoms with Gasteiger partial charge in [-0.2, -0.15) is 0 Å². The monoisotopic (exact) mass is 347 g/mol. The Kier molecular flexibility index (Phi) is 4.63. The highest BCUT2D eigenvalue weighted by molar-refractivity contribution is 6.34. The summed E-state index contributed by atoms with van der Waals surface area (Å²) in [5, 5.41) is 4.70. The van der Waals surface area contributed by atoms with Crippen molar-refractivity contribution in [1.29, 1.82) is 0 Å². The minimum Gasteiger partial charge on any atom is -0.455 e. The molecule has 1 heterocycles. The lowest BCUT2D eigenvalue weighted by Crippen LogP contribution is -2.04. The Morgan fingerprint density at radius 1 is 1.09 bits per heavy atom. The van der Waals surface area contributed by atoms with Crippen LogP contribution in [0.4, 0.5) is 0 Å². The zero-order chi connectivity index (χ0) is 16.2. The zero-order valence-corrected chi connectivity index (χ0v) is 13.3. The normalized spacial score (nSPS) is 13.3. The van der Waals surface area contributed by atoms with E-state index >= 15 is 0 Å².